The first-order valence-corrected chi connectivity index (χ1v) is 8.37. The standard InChI is InChI=1S/C19H29NO4/c1-13(21)14-9-16(19(2,3)4)18(23-6)17(10-14)20-8-7-15(11-20)24-12-22-5/h9-10,15H,7-8,11-12H2,1-6H3/t15-/m0/s1. The van der Waals surface area contributed by atoms with Crippen LogP contribution in [0.3, 0.4) is 0 Å². The van der Waals surface area contributed by atoms with E-state index in [0.717, 1.165) is 42.1 Å². The molecule has 0 amide bonds. The first-order valence-electron chi connectivity index (χ1n) is 8.37. The maximum absolute atomic E-state index is 12.0. The fourth-order valence-corrected chi connectivity index (χ4v) is 3.07. The fourth-order valence-electron chi connectivity index (χ4n) is 3.07. The van der Waals surface area contributed by atoms with Crippen LogP contribution in [-0.4, -0.2) is 46.0 Å². The minimum Gasteiger partial charge on any atom is -0.494 e. The zero-order valence-electron chi connectivity index (χ0n) is 15.6. The Balaban J connectivity index is 2.41. The highest BCUT2D eigenvalue weighted by molar-refractivity contribution is 5.96. The van der Waals surface area contributed by atoms with Crippen LogP contribution in [0.5, 0.6) is 5.75 Å². The molecule has 0 aliphatic carbocycles. The number of benzene rings is 1. The average molecular weight is 335 g/mol. The third-order valence-electron chi connectivity index (χ3n) is 4.40. The van der Waals surface area contributed by atoms with Crippen molar-refractivity contribution in [3.8, 4) is 5.75 Å². The second-order valence-corrected chi connectivity index (χ2v) is 7.31. The number of carbonyl (C=O) groups is 1. The van der Waals surface area contributed by atoms with Crippen LogP contribution >= 0.6 is 0 Å². The lowest BCUT2D eigenvalue weighted by atomic mass is 9.84. The van der Waals surface area contributed by atoms with Crippen molar-refractivity contribution in [3.63, 3.8) is 0 Å². The fraction of sp³-hybridized carbons (Fsp3) is 0.632. The molecule has 1 saturated heterocycles. The molecule has 134 valence electrons. The number of Topliss-reactive ketones (excluding diaryl/α,β-unsaturated/α-hetero) is 1. The van der Waals surface area contributed by atoms with E-state index < -0.39 is 0 Å². The van der Waals surface area contributed by atoms with Crippen LogP contribution in [0.1, 0.15) is 50.0 Å². The maximum Gasteiger partial charge on any atom is 0.159 e. The smallest absolute Gasteiger partial charge is 0.159 e. The summed E-state index contributed by atoms with van der Waals surface area (Å²) in [7, 11) is 3.32. The number of rotatable bonds is 6. The van der Waals surface area contributed by atoms with Crippen LogP contribution in [0.15, 0.2) is 12.1 Å². The van der Waals surface area contributed by atoms with Gasteiger partial charge in [0, 0.05) is 31.3 Å². The van der Waals surface area contributed by atoms with E-state index in [-0.39, 0.29) is 17.3 Å². The van der Waals surface area contributed by atoms with Crippen molar-refractivity contribution in [1.29, 1.82) is 0 Å². The number of ketones is 1. The Labute approximate surface area is 144 Å². The minimum absolute atomic E-state index is 0.0655. The van der Waals surface area contributed by atoms with Gasteiger partial charge in [-0.25, -0.2) is 0 Å². The zero-order valence-corrected chi connectivity index (χ0v) is 15.6. The number of carbonyl (C=O) groups excluding carboxylic acids is 1. The Morgan fingerprint density at radius 1 is 1.29 bits per heavy atom. The Kier molecular flexibility index (Phi) is 5.88. The number of nitrogens with zero attached hydrogens (tertiary/aromatic N) is 1. The molecule has 1 aromatic rings. The van der Waals surface area contributed by atoms with Gasteiger partial charge in [0.05, 0.1) is 18.9 Å². The van der Waals surface area contributed by atoms with Crippen LogP contribution < -0.4 is 9.64 Å². The molecule has 0 spiro atoms. The largest absolute Gasteiger partial charge is 0.494 e. The Morgan fingerprint density at radius 2 is 2.00 bits per heavy atom. The highest BCUT2D eigenvalue weighted by atomic mass is 16.7. The molecule has 1 aliphatic rings. The van der Waals surface area contributed by atoms with Crippen molar-refractivity contribution in [3.05, 3.63) is 23.3 Å². The van der Waals surface area contributed by atoms with E-state index in [9.17, 15) is 4.79 Å². The second-order valence-electron chi connectivity index (χ2n) is 7.31. The summed E-state index contributed by atoms with van der Waals surface area (Å²) in [6.07, 6.45) is 1.07. The lowest BCUT2D eigenvalue weighted by molar-refractivity contribution is -0.0636. The summed E-state index contributed by atoms with van der Waals surface area (Å²) in [4.78, 5) is 14.2. The first-order chi connectivity index (χ1) is 11.3. The first kappa shape index (κ1) is 18.7. The second kappa shape index (κ2) is 7.53. The van der Waals surface area contributed by atoms with Crippen molar-refractivity contribution >= 4 is 11.5 Å². The van der Waals surface area contributed by atoms with Crippen LogP contribution in [0, 0.1) is 0 Å². The van der Waals surface area contributed by atoms with Gasteiger partial charge in [-0.2, -0.15) is 0 Å². The van der Waals surface area contributed by atoms with Gasteiger partial charge >= 0.3 is 0 Å². The van der Waals surface area contributed by atoms with Crippen molar-refractivity contribution in [1.82, 2.24) is 0 Å². The quantitative estimate of drug-likeness (QED) is 0.589. The summed E-state index contributed by atoms with van der Waals surface area (Å²) < 4.78 is 16.4. The number of ether oxygens (including phenoxy) is 3. The lowest BCUT2D eigenvalue weighted by Crippen LogP contribution is -2.25. The van der Waals surface area contributed by atoms with Gasteiger partial charge in [0.25, 0.3) is 0 Å². The van der Waals surface area contributed by atoms with Crippen LogP contribution in [0.4, 0.5) is 5.69 Å². The minimum atomic E-state index is -0.114. The molecule has 24 heavy (non-hydrogen) atoms. The summed E-state index contributed by atoms with van der Waals surface area (Å²) in [5, 5.41) is 0. The maximum atomic E-state index is 12.0. The molecule has 0 unspecified atom stereocenters. The molecule has 2 rings (SSSR count). The summed E-state index contributed by atoms with van der Waals surface area (Å²) in [6.45, 7) is 9.94. The molecular weight excluding hydrogens is 306 g/mol. The van der Waals surface area contributed by atoms with E-state index in [1.54, 1.807) is 21.1 Å². The van der Waals surface area contributed by atoms with Crippen LogP contribution in [-0.2, 0) is 14.9 Å². The number of methoxy groups -OCH3 is 2. The van der Waals surface area contributed by atoms with E-state index in [4.69, 9.17) is 14.2 Å². The molecule has 0 bridgehead atoms. The van der Waals surface area contributed by atoms with Crippen molar-refractivity contribution in [2.24, 2.45) is 0 Å². The average Bonchev–Trinajstić information content (AvgIpc) is 2.99. The third kappa shape index (κ3) is 4.08. The number of hydrogen-bond acceptors (Lipinski definition) is 5. The van der Waals surface area contributed by atoms with Gasteiger partial charge in [0.1, 0.15) is 12.5 Å². The highest BCUT2D eigenvalue weighted by Crippen LogP contribution is 2.41. The lowest BCUT2D eigenvalue weighted by Gasteiger charge is -2.28. The molecule has 1 heterocycles. The Morgan fingerprint density at radius 3 is 2.54 bits per heavy atom. The van der Waals surface area contributed by atoms with E-state index in [1.807, 2.05) is 12.1 Å². The SMILES string of the molecule is COCO[C@H]1CCN(c2cc(C(C)=O)cc(C(C)(C)C)c2OC)C1. The van der Waals surface area contributed by atoms with Crippen molar-refractivity contribution in [2.45, 2.75) is 45.6 Å². The topological polar surface area (TPSA) is 48.0 Å². The predicted octanol–water partition coefficient (Wildman–Crippen LogP) is 3.39. The van der Waals surface area contributed by atoms with Crippen molar-refractivity contribution in [2.75, 3.05) is 39.0 Å². The summed E-state index contributed by atoms with van der Waals surface area (Å²) in [5.41, 5.74) is 2.63. The Bertz CT molecular complexity index is 592. The molecule has 0 radical (unpaired) electrons. The third-order valence-corrected chi connectivity index (χ3v) is 4.40. The monoisotopic (exact) mass is 335 g/mol. The number of anilines is 1. The molecule has 5 nitrogen and oxygen atoms in total. The number of hydrogen-bond donors (Lipinski definition) is 0. The molecular formula is C19H29NO4. The van der Waals surface area contributed by atoms with Gasteiger partial charge < -0.3 is 19.1 Å². The molecule has 1 aromatic carbocycles. The van der Waals surface area contributed by atoms with Gasteiger partial charge in [-0.1, -0.05) is 20.8 Å². The molecule has 0 aromatic heterocycles. The molecule has 0 N–H and O–H groups in total. The van der Waals surface area contributed by atoms with Crippen molar-refractivity contribution < 1.29 is 19.0 Å². The summed E-state index contributed by atoms with van der Waals surface area (Å²) in [5.74, 6) is 0.913. The Hall–Kier alpha value is -1.59. The zero-order chi connectivity index (χ0) is 17.9. The molecule has 1 atom stereocenters. The van der Waals surface area contributed by atoms with Gasteiger partial charge in [-0.05, 0) is 30.9 Å². The van der Waals surface area contributed by atoms with E-state index in [1.165, 1.54) is 0 Å². The highest BCUT2D eigenvalue weighted by Gasteiger charge is 2.29. The van der Waals surface area contributed by atoms with Crippen LogP contribution in [0.25, 0.3) is 0 Å². The summed E-state index contributed by atoms with van der Waals surface area (Å²) >= 11 is 0. The molecule has 0 saturated carbocycles. The van der Waals surface area contributed by atoms with Gasteiger partial charge in [0.2, 0.25) is 0 Å². The van der Waals surface area contributed by atoms with Gasteiger partial charge in [0.15, 0.2) is 5.78 Å². The van der Waals surface area contributed by atoms with Crippen LogP contribution in [0.2, 0.25) is 0 Å². The van der Waals surface area contributed by atoms with Gasteiger partial charge in [-0.15, -0.1) is 0 Å². The van der Waals surface area contributed by atoms with Gasteiger partial charge in [-0.3, -0.25) is 4.79 Å². The summed E-state index contributed by atoms with van der Waals surface area (Å²) in [6, 6.07) is 3.90. The van der Waals surface area contributed by atoms with E-state index in [2.05, 4.69) is 25.7 Å². The molecule has 5 heteroatoms. The van der Waals surface area contributed by atoms with E-state index >= 15 is 0 Å². The molecule has 1 fully saturated rings. The molecule has 1 aliphatic heterocycles. The normalized spacial score (nSPS) is 18.1. The van der Waals surface area contributed by atoms with E-state index in [0.29, 0.717) is 6.79 Å². The predicted molar refractivity (Wildman–Crippen MR) is 95.3 cm³/mol.